The van der Waals surface area contributed by atoms with Gasteiger partial charge in [0.1, 0.15) is 0 Å². The maximum absolute atomic E-state index is 12.2. The second kappa shape index (κ2) is 5.92. The second-order valence-electron chi connectivity index (χ2n) is 8.65. The molecule has 0 heterocycles. The highest BCUT2D eigenvalue weighted by molar-refractivity contribution is 6.74. The Morgan fingerprint density at radius 1 is 1.17 bits per heavy atom. The number of carbonyl (C=O) groups is 1. The maximum atomic E-state index is 12.2. The highest BCUT2D eigenvalue weighted by Crippen LogP contribution is 2.50. The number of carbonyl (C=O) groups excluding carboxylic acids is 1. The van der Waals surface area contributed by atoms with E-state index in [0.29, 0.717) is 19.3 Å². The summed E-state index contributed by atoms with van der Waals surface area (Å²) < 4.78 is 6.74. The van der Waals surface area contributed by atoms with Crippen LogP contribution >= 0.6 is 0 Å². The summed E-state index contributed by atoms with van der Waals surface area (Å²) in [5.41, 5.74) is 7.03. The SMILES string of the molecule is CC(C)(C)[Si](C)(C)O[C@@]12CCCCC[C@@]1(O)C(=[N+]=[N-])C(=O)CC2. The fourth-order valence-corrected chi connectivity index (χ4v) is 5.36. The van der Waals surface area contributed by atoms with Gasteiger partial charge in [-0.15, -0.1) is 0 Å². The number of aliphatic hydroxyl groups is 1. The first-order valence-corrected chi connectivity index (χ1v) is 11.6. The van der Waals surface area contributed by atoms with Crippen LogP contribution in [0.5, 0.6) is 0 Å². The van der Waals surface area contributed by atoms with Crippen LogP contribution in [0.15, 0.2) is 0 Å². The van der Waals surface area contributed by atoms with Gasteiger partial charge in [0.15, 0.2) is 13.9 Å². The molecule has 2 atom stereocenters. The molecule has 2 aliphatic carbocycles. The number of nitrogens with zero attached hydrogens (tertiary/aromatic N) is 2. The van der Waals surface area contributed by atoms with Gasteiger partial charge in [0.05, 0.1) is 5.60 Å². The van der Waals surface area contributed by atoms with Gasteiger partial charge in [-0.05, 0) is 43.8 Å². The Morgan fingerprint density at radius 3 is 2.35 bits per heavy atom. The van der Waals surface area contributed by atoms with Gasteiger partial charge >= 0.3 is 5.71 Å². The summed E-state index contributed by atoms with van der Waals surface area (Å²) in [7, 11) is -2.15. The molecular weight excluding hydrogens is 308 g/mol. The van der Waals surface area contributed by atoms with Crippen molar-refractivity contribution >= 4 is 19.8 Å². The van der Waals surface area contributed by atoms with Crippen LogP contribution in [0.4, 0.5) is 0 Å². The van der Waals surface area contributed by atoms with Crippen LogP contribution < -0.4 is 0 Å². The fraction of sp³-hybridized carbons (Fsp3) is 0.882. The van der Waals surface area contributed by atoms with Gasteiger partial charge in [-0.25, -0.2) is 0 Å². The molecule has 5 nitrogen and oxygen atoms in total. The van der Waals surface area contributed by atoms with Crippen LogP contribution in [0.1, 0.15) is 65.7 Å². The topological polar surface area (TPSA) is 82.9 Å². The molecule has 0 unspecified atom stereocenters. The van der Waals surface area contributed by atoms with Crippen molar-refractivity contribution in [3.63, 3.8) is 0 Å². The van der Waals surface area contributed by atoms with Crippen LogP contribution in [0, 0.1) is 0 Å². The van der Waals surface area contributed by atoms with Crippen molar-refractivity contribution in [1.29, 1.82) is 0 Å². The molecule has 6 heteroatoms. The lowest BCUT2D eigenvalue weighted by Gasteiger charge is -2.52. The van der Waals surface area contributed by atoms with Crippen LogP contribution in [0.2, 0.25) is 18.1 Å². The van der Waals surface area contributed by atoms with Crippen LogP contribution in [0.3, 0.4) is 0 Å². The van der Waals surface area contributed by atoms with Crippen molar-refractivity contribution in [2.24, 2.45) is 0 Å². The van der Waals surface area contributed by atoms with Gasteiger partial charge in [-0.3, -0.25) is 4.79 Å². The zero-order valence-electron chi connectivity index (χ0n) is 15.1. The highest BCUT2D eigenvalue weighted by atomic mass is 28.4. The van der Waals surface area contributed by atoms with Crippen molar-refractivity contribution in [2.45, 2.75) is 95.1 Å². The summed E-state index contributed by atoms with van der Waals surface area (Å²) in [6, 6.07) is 0. The van der Waals surface area contributed by atoms with E-state index in [-0.39, 0.29) is 23.0 Å². The number of ketones is 1. The van der Waals surface area contributed by atoms with E-state index in [0.717, 1.165) is 19.3 Å². The second-order valence-corrected chi connectivity index (χ2v) is 13.4. The van der Waals surface area contributed by atoms with Crippen LogP contribution in [-0.4, -0.2) is 40.9 Å². The molecule has 2 saturated carbocycles. The fourth-order valence-electron chi connectivity index (χ4n) is 3.70. The molecule has 0 radical (unpaired) electrons. The minimum Gasteiger partial charge on any atom is -0.408 e. The van der Waals surface area contributed by atoms with Gasteiger partial charge in [-0.2, -0.15) is 4.79 Å². The summed E-state index contributed by atoms with van der Waals surface area (Å²) in [6.45, 7) is 10.8. The van der Waals surface area contributed by atoms with Crippen LogP contribution in [-0.2, 0) is 9.22 Å². The molecule has 23 heavy (non-hydrogen) atoms. The monoisotopic (exact) mass is 338 g/mol. The van der Waals surface area contributed by atoms with E-state index < -0.39 is 19.5 Å². The normalized spacial score (nSPS) is 33.0. The number of fused-ring (bicyclic) bond motifs is 1. The Bertz CT molecular complexity index is 549. The Morgan fingerprint density at radius 2 is 1.78 bits per heavy atom. The number of Topliss-reactive ketones (excluding diaryl/α,β-unsaturated/α-hetero) is 1. The summed E-state index contributed by atoms with van der Waals surface area (Å²) in [4.78, 5) is 15.4. The van der Waals surface area contributed by atoms with E-state index >= 15 is 0 Å². The molecule has 0 saturated heterocycles. The van der Waals surface area contributed by atoms with Gasteiger partial charge in [0.2, 0.25) is 5.78 Å². The molecule has 0 amide bonds. The van der Waals surface area contributed by atoms with Gasteiger partial charge in [0, 0.05) is 6.42 Å². The molecule has 130 valence electrons. The summed E-state index contributed by atoms with van der Waals surface area (Å²) in [6.07, 6.45) is 4.69. The molecular formula is C17H30N2O3Si. The van der Waals surface area contributed by atoms with E-state index in [2.05, 4.69) is 38.7 Å². The number of hydrogen-bond acceptors (Lipinski definition) is 3. The van der Waals surface area contributed by atoms with E-state index in [1.54, 1.807) is 0 Å². The average molecular weight is 339 g/mol. The molecule has 0 aliphatic heterocycles. The van der Waals surface area contributed by atoms with Crippen molar-refractivity contribution in [2.75, 3.05) is 0 Å². The third-order valence-electron chi connectivity index (χ3n) is 6.14. The molecule has 0 aromatic heterocycles. The first-order chi connectivity index (χ1) is 10.5. The Labute approximate surface area is 140 Å². The summed E-state index contributed by atoms with van der Waals surface area (Å²) >= 11 is 0. The first-order valence-electron chi connectivity index (χ1n) is 8.67. The van der Waals surface area contributed by atoms with Crippen molar-refractivity contribution < 1.29 is 19.1 Å². The Kier molecular flexibility index (Phi) is 4.77. The number of rotatable bonds is 2. The molecule has 2 aliphatic rings. The van der Waals surface area contributed by atoms with Crippen molar-refractivity contribution in [1.82, 2.24) is 0 Å². The van der Waals surface area contributed by atoms with Gasteiger partial charge in [0.25, 0.3) is 0 Å². The third-order valence-corrected chi connectivity index (χ3v) is 10.7. The van der Waals surface area contributed by atoms with Crippen molar-refractivity contribution in [3.05, 3.63) is 5.53 Å². The van der Waals surface area contributed by atoms with Crippen LogP contribution in [0.25, 0.3) is 5.53 Å². The van der Waals surface area contributed by atoms with E-state index in [4.69, 9.17) is 4.43 Å². The van der Waals surface area contributed by atoms with Gasteiger partial charge in [-0.1, -0.05) is 33.6 Å². The minimum atomic E-state index is -2.15. The zero-order chi connectivity index (χ0) is 17.5. The predicted molar refractivity (Wildman–Crippen MR) is 91.9 cm³/mol. The summed E-state index contributed by atoms with van der Waals surface area (Å²) in [5.74, 6) is -0.258. The quantitative estimate of drug-likeness (QED) is 0.475. The van der Waals surface area contributed by atoms with E-state index in [9.17, 15) is 15.4 Å². The first kappa shape index (κ1) is 18.5. The zero-order valence-corrected chi connectivity index (χ0v) is 16.1. The minimum absolute atomic E-state index is 0.00689. The Hall–Kier alpha value is -0.813. The molecule has 2 rings (SSSR count). The Balaban J connectivity index is 2.53. The predicted octanol–water partition coefficient (Wildman–Crippen LogP) is 3.48. The third kappa shape index (κ3) is 2.98. The van der Waals surface area contributed by atoms with Crippen molar-refractivity contribution in [3.8, 4) is 0 Å². The molecule has 0 aromatic carbocycles. The number of hydrogen-bond donors (Lipinski definition) is 1. The smallest absolute Gasteiger partial charge is 0.368 e. The van der Waals surface area contributed by atoms with E-state index in [1.807, 2.05) is 0 Å². The largest absolute Gasteiger partial charge is 0.408 e. The maximum Gasteiger partial charge on any atom is 0.368 e. The molecule has 2 fully saturated rings. The standard InChI is InChI=1S/C17H30N2O3Si/c1-15(2,3)23(4,5)22-16-10-7-6-8-11-17(16,21)14(19-18)13(20)9-12-16/h21H,6-12H2,1-5H3/t16-,17-/m1/s1. The lowest BCUT2D eigenvalue weighted by Crippen LogP contribution is -2.68. The molecule has 1 N–H and O–H groups in total. The van der Waals surface area contributed by atoms with Gasteiger partial charge < -0.3 is 15.1 Å². The molecule has 0 spiro atoms. The summed E-state index contributed by atoms with van der Waals surface area (Å²) in [5, 5.41) is 11.5. The molecule has 0 bridgehead atoms. The molecule has 0 aromatic rings. The highest BCUT2D eigenvalue weighted by Gasteiger charge is 2.65. The lowest BCUT2D eigenvalue weighted by molar-refractivity contribution is -0.157. The van der Waals surface area contributed by atoms with E-state index in [1.165, 1.54) is 0 Å². The lowest BCUT2D eigenvalue weighted by atomic mass is 9.67. The average Bonchev–Trinajstić information content (AvgIpc) is 2.57.